The van der Waals surface area contributed by atoms with Gasteiger partial charge in [0.05, 0.1) is 0 Å². The van der Waals surface area contributed by atoms with Crippen LogP contribution in [-0.2, 0) is 11.3 Å². The number of carbonyl (C=O) groups is 1. The van der Waals surface area contributed by atoms with Crippen LogP contribution in [0, 0.1) is 0 Å². The van der Waals surface area contributed by atoms with Gasteiger partial charge in [-0.3, -0.25) is 4.79 Å². The normalized spacial score (nSPS) is 11.3. The van der Waals surface area contributed by atoms with Gasteiger partial charge in [-0.25, -0.2) is 0 Å². The highest BCUT2D eigenvalue weighted by molar-refractivity contribution is 7.99. The van der Waals surface area contributed by atoms with Crippen LogP contribution in [0.3, 0.4) is 0 Å². The summed E-state index contributed by atoms with van der Waals surface area (Å²) in [5, 5.41) is 3.43. The number of benzene rings is 1. The van der Waals surface area contributed by atoms with E-state index in [2.05, 4.69) is 25.4 Å². The van der Waals surface area contributed by atoms with Crippen molar-refractivity contribution in [2.75, 3.05) is 19.4 Å². The van der Waals surface area contributed by atoms with Crippen molar-refractivity contribution in [2.24, 2.45) is 5.73 Å². The van der Waals surface area contributed by atoms with Crippen LogP contribution in [-0.4, -0.2) is 30.1 Å². The number of thioether (sulfide) groups is 1. The summed E-state index contributed by atoms with van der Waals surface area (Å²) in [6.07, 6.45) is 2.12. The van der Waals surface area contributed by atoms with Crippen LogP contribution in [0.2, 0.25) is 0 Å². The van der Waals surface area contributed by atoms with Crippen LogP contribution in [0.1, 0.15) is 19.4 Å². The lowest BCUT2D eigenvalue weighted by atomic mass is 10.2. The van der Waals surface area contributed by atoms with Crippen molar-refractivity contribution in [1.82, 2.24) is 5.32 Å². The molecule has 0 aliphatic carbocycles. The number of hydrogen-bond acceptors (Lipinski definition) is 4. The molecule has 19 heavy (non-hydrogen) atoms. The van der Waals surface area contributed by atoms with E-state index in [4.69, 9.17) is 10.5 Å². The van der Waals surface area contributed by atoms with E-state index >= 15 is 0 Å². The Kier molecular flexibility index (Phi) is 6.18. The van der Waals surface area contributed by atoms with E-state index in [1.54, 1.807) is 0 Å². The fourth-order valence-electron chi connectivity index (χ4n) is 1.44. The molecule has 0 radical (unpaired) electrons. The average molecular weight is 282 g/mol. The van der Waals surface area contributed by atoms with E-state index in [0.717, 1.165) is 13.1 Å². The van der Waals surface area contributed by atoms with Gasteiger partial charge in [-0.15, -0.1) is 0 Å². The highest BCUT2D eigenvalue weighted by Gasteiger charge is 2.14. The van der Waals surface area contributed by atoms with Gasteiger partial charge in [-0.05, 0) is 37.8 Å². The second kappa shape index (κ2) is 7.40. The van der Waals surface area contributed by atoms with Gasteiger partial charge in [0.1, 0.15) is 5.75 Å². The molecule has 1 aromatic rings. The Balaban J connectivity index is 2.38. The topological polar surface area (TPSA) is 64.3 Å². The standard InChI is InChI=1S/C14H22N2O2S/c1-14(2,19-3)10-16-8-11-4-6-12(7-5-11)18-9-13(15)17/h4-7,16H,8-10H2,1-3H3,(H2,15,17). The van der Waals surface area contributed by atoms with Gasteiger partial charge >= 0.3 is 0 Å². The minimum atomic E-state index is -0.468. The molecule has 0 spiro atoms. The van der Waals surface area contributed by atoms with E-state index in [9.17, 15) is 4.79 Å². The Morgan fingerprint density at radius 2 is 2.00 bits per heavy atom. The van der Waals surface area contributed by atoms with Crippen LogP contribution in [0.5, 0.6) is 5.75 Å². The van der Waals surface area contributed by atoms with Crippen molar-refractivity contribution in [3.8, 4) is 5.75 Å². The molecule has 0 fully saturated rings. The summed E-state index contributed by atoms with van der Waals surface area (Å²) in [6, 6.07) is 7.66. The third kappa shape index (κ3) is 6.50. The molecule has 0 unspecified atom stereocenters. The number of hydrogen-bond donors (Lipinski definition) is 2. The molecule has 0 aromatic heterocycles. The zero-order chi connectivity index (χ0) is 14.3. The maximum atomic E-state index is 10.6. The predicted molar refractivity (Wildman–Crippen MR) is 80.4 cm³/mol. The second-order valence-corrected chi connectivity index (χ2v) is 6.48. The van der Waals surface area contributed by atoms with E-state index in [1.807, 2.05) is 36.0 Å². The summed E-state index contributed by atoms with van der Waals surface area (Å²) in [5.41, 5.74) is 6.20. The molecule has 0 aliphatic heterocycles. The van der Waals surface area contributed by atoms with Crippen molar-refractivity contribution >= 4 is 17.7 Å². The largest absolute Gasteiger partial charge is 0.484 e. The van der Waals surface area contributed by atoms with Gasteiger partial charge in [0.2, 0.25) is 0 Å². The van der Waals surface area contributed by atoms with Crippen molar-refractivity contribution in [3.63, 3.8) is 0 Å². The lowest BCUT2D eigenvalue weighted by Crippen LogP contribution is -2.31. The van der Waals surface area contributed by atoms with Crippen LogP contribution >= 0.6 is 11.8 Å². The van der Waals surface area contributed by atoms with Crippen LogP contribution in [0.15, 0.2) is 24.3 Å². The molecule has 0 saturated heterocycles. The van der Waals surface area contributed by atoms with Crippen LogP contribution in [0.4, 0.5) is 0 Å². The lowest BCUT2D eigenvalue weighted by molar-refractivity contribution is -0.119. The number of amides is 1. The third-order valence-electron chi connectivity index (χ3n) is 2.74. The van der Waals surface area contributed by atoms with Crippen LogP contribution in [0.25, 0.3) is 0 Å². The van der Waals surface area contributed by atoms with Gasteiger partial charge < -0.3 is 15.8 Å². The predicted octanol–water partition coefficient (Wildman–Crippen LogP) is 1.78. The van der Waals surface area contributed by atoms with Crippen molar-refractivity contribution in [3.05, 3.63) is 29.8 Å². The van der Waals surface area contributed by atoms with Gasteiger partial charge in [0.25, 0.3) is 5.91 Å². The smallest absolute Gasteiger partial charge is 0.255 e. The summed E-state index contributed by atoms with van der Waals surface area (Å²) in [4.78, 5) is 10.6. The molecule has 5 heteroatoms. The highest BCUT2D eigenvalue weighted by Crippen LogP contribution is 2.19. The number of nitrogens with one attached hydrogen (secondary N) is 1. The molecule has 3 N–H and O–H groups in total. The molecule has 0 bridgehead atoms. The zero-order valence-electron chi connectivity index (χ0n) is 11.7. The maximum Gasteiger partial charge on any atom is 0.255 e. The first-order chi connectivity index (χ1) is 8.93. The third-order valence-corrected chi connectivity index (χ3v) is 3.99. The molecule has 0 atom stereocenters. The monoisotopic (exact) mass is 282 g/mol. The fraction of sp³-hybridized carbons (Fsp3) is 0.500. The molecular weight excluding hydrogens is 260 g/mol. The summed E-state index contributed by atoms with van der Waals surface area (Å²) < 4.78 is 5.44. The van der Waals surface area contributed by atoms with E-state index in [-0.39, 0.29) is 11.4 Å². The molecule has 106 valence electrons. The van der Waals surface area contributed by atoms with E-state index in [0.29, 0.717) is 5.75 Å². The van der Waals surface area contributed by atoms with Crippen LogP contribution < -0.4 is 15.8 Å². The molecule has 1 amide bonds. The Morgan fingerprint density at radius 1 is 1.37 bits per heavy atom. The molecule has 0 heterocycles. The number of rotatable bonds is 8. The Morgan fingerprint density at radius 3 is 2.53 bits per heavy atom. The minimum absolute atomic E-state index is 0.0838. The Bertz CT molecular complexity index is 404. The van der Waals surface area contributed by atoms with Gasteiger partial charge in [0, 0.05) is 17.8 Å². The van der Waals surface area contributed by atoms with Gasteiger partial charge in [-0.1, -0.05) is 12.1 Å². The summed E-state index contributed by atoms with van der Waals surface area (Å²) in [7, 11) is 0. The first-order valence-corrected chi connectivity index (χ1v) is 7.41. The second-order valence-electron chi connectivity index (χ2n) is 4.97. The number of primary amides is 1. The Labute approximate surface area is 119 Å². The molecule has 4 nitrogen and oxygen atoms in total. The summed E-state index contributed by atoms with van der Waals surface area (Å²) in [6.45, 7) is 6.12. The van der Waals surface area contributed by atoms with E-state index in [1.165, 1.54) is 5.56 Å². The molecular formula is C14H22N2O2S. The molecule has 0 aliphatic rings. The molecule has 0 saturated carbocycles. The zero-order valence-corrected chi connectivity index (χ0v) is 12.5. The van der Waals surface area contributed by atoms with Crippen molar-refractivity contribution in [1.29, 1.82) is 0 Å². The average Bonchev–Trinajstić information content (AvgIpc) is 2.37. The Hall–Kier alpha value is -1.20. The molecule has 1 aromatic carbocycles. The summed E-state index contributed by atoms with van der Waals surface area (Å²) >= 11 is 1.85. The van der Waals surface area contributed by atoms with E-state index < -0.39 is 5.91 Å². The van der Waals surface area contributed by atoms with Gasteiger partial charge in [0.15, 0.2) is 6.61 Å². The fourth-order valence-corrected chi connectivity index (χ4v) is 1.68. The summed E-state index contributed by atoms with van der Waals surface area (Å²) in [5.74, 6) is 0.192. The van der Waals surface area contributed by atoms with Crippen molar-refractivity contribution in [2.45, 2.75) is 25.1 Å². The maximum absolute atomic E-state index is 10.6. The number of nitrogens with two attached hydrogens (primary N) is 1. The van der Waals surface area contributed by atoms with Crippen molar-refractivity contribution < 1.29 is 9.53 Å². The first-order valence-electron chi connectivity index (χ1n) is 6.19. The quantitative estimate of drug-likeness (QED) is 0.763. The minimum Gasteiger partial charge on any atom is -0.484 e. The molecule has 1 rings (SSSR count). The first kappa shape index (κ1) is 15.9. The van der Waals surface area contributed by atoms with Gasteiger partial charge in [-0.2, -0.15) is 11.8 Å². The number of carbonyl (C=O) groups excluding carboxylic acids is 1. The number of ether oxygens (including phenoxy) is 1. The lowest BCUT2D eigenvalue weighted by Gasteiger charge is -2.22. The SMILES string of the molecule is CSC(C)(C)CNCc1ccc(OCC(N)=O)cc1. The highest BCUT2D eigenvalue weighted by atomic mass is 32.2.